The monoisotopic (exact) mass is 372 g/mol. The third-order valence-electron chi connectivity index (χ3n) is 3.54. The van der Waals surface area contributed by atoms with E-state index in [1.165, 1.54) is 0 Å². The summed E-state index contributed by atoms with van der Waals surface area (Å²) in [6, 6.07) is 13.2. The molecule has 0 spiro atoms. The number of nitrogen functional groups attached to an aromatic ring is 1. The summed E-state index contributed by atoms with van der Waals surface area (Å²) >= 11 is 3.47. The Balaban J connectivity index is 2.25. The second-order valence-electron chi connectivity index (χ2n) is 5.18. The second kappa shape index (κ2) is 6.44. The molecule has 0 aliphatic rings. The van der Waals surface area contributed by atoms with E-state index in [4.69, 9.17) is 11.5 Å². The van der Waals surface area contributed by atoms with Gasteiger partial charge in [0.1, 0.15) is 0 Å². The number of aromatic nitrogens is 1. The van der Waals surface area contributed by atoms with Crippen molar-refractivity contribution in [1.29, 1.82) is 0 Å². The van der Waals surface area contributed by atoms with Crippen molar-refractivity contribution < 1.29 is 5.11 Å². The number of aromatic hydroxyl groups is 1. The molecule has 3 aromatic rings. The standard InChI is InChI=1S/C17H17BrN4O/c18-11-4-5-14-13(9-11)15(17(23)22-14)16(21-7-6-19)10-2-1-3-12(20)8-10/h1-5,8-9,22-23H,6-7,19-20H2. The summed E-state index contributed by atoms with van der Waals surface area (Å²) in [7, 11) is 0. The highest BCUT2D eigenvalue weighted by Crippen LogP contribution is 2.32. The first-order valence-corrected chi connectivity index (χ1v) is 8.00. The number of rotatable bonds is 4. The molecule has 23 heavy (non-hydrogen) atoms. The molecule has 0 bridgehead atoms. The lowest BCUT2D eigenvalue weighted by Crippen LogP contribution is -2.09. The largest absolute Gasteiger partial charge is 0.494 e. The van der Waals surface area contributed by atoms with E-state index in [-0.39, 0.29) is 5.88 Å². The van der Waals surface area contributed by atoms with E-state index in [1.54, 1.807) is 0 Å². The summed E-state index contributed by atoms with van der Waals surface area (Å²) < 4.78 is 0.927. The maximum absolute atomic E-state index is 10.4. The molecule has 1 heterocycles. The predicted molar refractivity (Wildman–Crippen MR) is 98.1 cm³/mol. The molecule has 0 fully saturated rings. The zero-order valence-corrected chi connectivity index (χ0v) is 14.0. The van der Waals surface area contributed by atoms with Gasteiger partial charge in [0.2, 0.25) is 0 Å². The highest BCUT2D eigenvalue weighted by molar-refractivity contribution is 9.10. The Kier molecular flexibility index (Phi) is 4.36. The van der Waals surface area contributed by atoms with E-state index in [1.807, 2.05) is 42.5 Å². The van der Waals surface area contributed by atoms with Crippen molar-refractivity contribution in [2.45, 2.75) is 0 Å². The summed E-state index contributed by atoms with van der Waals surface area (Å²) in [6.07, 6.45) is 0. The van der Waals surface area contributed by atoms with Gasteiger partial charge in [-0.2, -0.15) is 0 Å². The van der Waals surface area contributed by atoms with E-state index >= 15 is 0 Å². The first kappa shape index (κ1) is 15.6. The van der Waals surface area contributed by atoms with E-state index in [0.29, 0.717) is 30.1 Å². The van der Waals surface area contributed by atoms with E-state index < -0.39 is 0 Å². The lowest BCUT2D eigenvalue weighted by atomic mass is 10.0. The van der Waals surface area contributed by atoms with Gasteiger partial charge in [-0.05, 0) is 30.3 Å². The maximum atomic E-state index is 10.4. The second-order valence-corrected chi connectivity index (χ2v) is 6.10. The van der Waals surface area contributed by atoms with Gasteiger partial charge < -0.3 is 21.6 Å². The topological polar surface area (TPSA) is 100 Å². The van der Waals surface area contributed by atoms with Crippen LogP contribution in [0.2, 0.25) is 0 Å². The maximum Gasteiger partial charge on any atom is 0.199 e. The smallest absolute Gasteiger partial charge is 0.199 e. The normalized spacial score (nSPS) is 12.0. The Morgan fingerprint density at radius 1 is 1.22 bits per heavy atom. The number of nitrogens with zero attached hydrogens (tertiary/aromatic N) is 1. The van der Waals surface area contributed by atoms with Crippen molar-refractivity contribution in [2.75, 3.05) is 18.8 Å². The third kappa shape index (κ3) is 3.09. The van der Waals surface area contributed by atoms with Crippen molar-refractivity contribution in [2.24, 2.45) is 10.7 Å². The molecule has 5 nitrogen and oxygen atoms in total. The van der Waals surface area contributed by atoms with Gasteiger partial charge in [0, 0.05) is 33.2 Å². The predicted octanol–water partition coefficient (Wildman–Crippen LogP) is 3.01. The number of aromatic amines is 1. The van der Waals surface area contributed by atoms with Crippen molar-refractivity contribution in [3.63, 3.8) is 0 Å². The van der Waals surface area contributed by atoms with Crippen LogP contribution < -0.4 is 11.5 Å². The van der Waals surface area contributed by atoms with Gasteiger partial charge in [-0.25, -0.2) is 0 Å². The summed E-state index contributed by atoms with van der Waals surface area (Å²) in [4.78, 5) is 7.56. The van der Waals surface area contributed by atoms with Crippen molar-refractivity contribution in [3.05, 3.63) is 58.1 Å². The summed E-state index contributed by atoms with van der Waals surface area (Å²) in [5, 5.41) is 11.3. The van der Waals surface area contributed by atoms with E-state index in [2.05, 4.69) is 25.9 Å². The summed E-state index contributed by atoms with van der Waals surface area (Å²) in [6.45, 7) is 0.892. The lowest BCUT2D eigenvalue weighted by molar-refractivity contribution is 0.457. The minimum Gasteiger partial charge on any atom is -0.494 e. The Labute approximate surface area is 142 Å². The fourth-order valence-corrected chi connectivity index (χ4v) is 2.93. The molecule has 3 rings (SSSR count). The van der Waals surface area contributed by atoms with Crippen LogP contribution in [0.4, 0.5) is 5.69 Å². The van der Waals surface area contributed by atoms with Gasteiger partial charge in [-0.15, -0.1) is 0 Å². The number of fused-ring (bicyclic) bond motifs is 1. The fourth-order valence-electron chi connectivity index (χ4n) is 2.57. The van der Waals surface area contributed by atoms with Crippen LogP contribution in [0.3, 0.4) is 0 Å². The molecule has 118 valence electrons. The van der Waals surface area contributed by atoms with Crippen molar-refractivity contribution >= 4 is 38.2 Å². The molecule has 6 N–H and O–H groups in total. The minimum atomic E-state index is 0.0799. The van der Waals surface area contributed by atoms with Gasteiger partial charge in [-0.3, -0.25) is 4.99 Å². The van der Waals surface area contributed by atoms with Crippen LogP contribution in [0.25, 0.3) is 10.9 Å². The fraction of sp³-hybridized carbons (Fsp3) is 0.118. The van der Waals surface area contributed by atoms with Crippen LogP contribution in [0.15, 0.2) is 51.9 Å². The molecule has 0 saturated heterocycles. The Morgan fingerprint density at radius 2 is 2.04 bits per heavy atom. The van der Waals surface area contributed by atoms with Crippen LogP contribution in [-0.2, 0) is 0 Å². The van der Waals surface area contributed by atoms with Gasteiger partial charge in [0.25, 0.3) is 0 Å². The number of halogens is 1. The Bertz CT molecular complexity index is 885. The number of nitrogens with one attached hydrogen (secondary N) is 1. The molecule has 0 atom stereocenters. The molecule has 0 amide bonds. The molecule has 6 heteroatoms. The average molecular weight is 373 g/mol. The Morgan fingerprint density at radius 3 is 2.78 bits per heavy atom. The minimum absolute atomic E-state index is 0.0799. The zero-order chi connectivity index (χ0) is 16.4. The average Bonchev–Trinajstić information content (AvgIpc) is 2.84. The first-order valence-electron chi connectivity index (χ1n) is 7.21. The number of benzene rings is 2. The van der Waals surface area contributed by atoms with Gasteiger partial charge >= 0.3 is 0 Å². The van der Waals surface area contributed by atoms with Crippen LogP contribution in [0.1, 0.15) is 11.1 Å². The quantitative estimate of drug-likeness (QED) is 0.418. The highest BCUT2D eigenvalue weighted by atomic mass is 79.9. The molecule has 1 aromatic heterocycles. The van der Waals surface area contributed by atoms with Crippen molar-refractivity contribution in [1.82, 2.24) is 4.98 Å². The number of hydrogen-bond donors (Lipinski definition) is 4. The first-order chi connectivity index (χ1) is 11.1. The molecule has 0 aliphatic heterocycles. The van der Waals surface area contributed by atoms with Crippen LogP contribution in [0, 0.1) is 0 Å². The number of anilines is 1. The molecule has 0 radical (unpaired) electrons. The highest BCUT2D eigenvalue weighted by Gasteiger charge is 2.18. The van der Waals surface area contributed by atoms with Crippen molar-refractivity contribution in [3.8, 4) is 5.88 Å². The van der Waals surface area contributed by atoms with Gasteiger partial charge in [-0.1, -0.05) is 28.1 Å². The Hall–Kier alpha value is -2.31. The summed E-state index contributed by atoms with van der Waals surface area (Å²) in [5.41, 5.74) is 15.1. The molecular formula is C17H17BrN4O. The number of H-pyrrole nitrogens is 1. The number of nitrogens with two attached hydrogens (primary N) is 2. The third-order valence-corrected chi connectivity index (χ3v) is 4.03. The summed E-state index contributed by atoms with van der Waals surface area (Å²) in [5.74, 6) is 0.0799. The number of aliphatic imine (C=N–C) groups is 1. The van der Waals surface area contributed by atoms with E-state index in [9.17, 15) is 5.11 Å². The van der Waals surface area contributed by atoms with Gasteiger partial charge in [0.05, 0.1) is 17.8 Å². The molecule has 0 aliphatic carbocycles. The molecule has 0 unspecified atom stereocenters. The number of hydrogen-bond acceptors (Lipinski definition) is 4. The van der Waals surface area contributed by atoms with Crippen LogP contribution >= 0.6 is 15.9 Å². The van der Waals surface area contributed by atoms with E-state index in [0.717, 1.165) is 20.9 Å². The SMILES string of the molecule is NCCN=C(c1cccc(N)c1)c1c(O)[nH]c2ccc(Br)cc12. The molecule has 0 saturated carbocycles. The lowest BCUT2D eigenvalue weighted by Gasteiger charge is -2.08. The molecular weight excluding hydrogens is 356 g/mol. The molecule has 2 aromatic carbocycles. The van der Waals surface area contributed by atoms with Crippen LogP contribution in [-0.4, -0.2) is 28.9 Å². The zero-order valence-electron chi connectivity index (χ0n) is 12.4. The van der Waals surface area contributed by atoms with Crippen LogP contribution in [0.5, 0.6) is 5.88 Å². The van der Waals surface area contributed by atoms with Gasteiger partial charge in [0.15, 0.2) is 5.88 Å².